The highest BCUT2D eigenvalue weighted by molar-refractivity contribution is 9.10. The number of nitrogens with zero attached hydrogens (tertiary/aromatic N) is 3. The van der Waals surface area contributed by atoms with Gasteiger partial charge >= 0.3 is 6.01 Å². The molecule has 2 aromatic heterocycles. The minimum absolute atomic E-state index is 0.0143. The molecule has 18 heavy (non-hydrogen) atoms. The molecule has 0 unspecified atom stereocenters. The first kappa shape index (κ1) is 12.5. The normalized spacial score (nSPS) is 10.2. The van der Waals surface area contributed by atoms with Crippen molar-refractivity contribution in [1.82, 2.24) is 15.2 Å². The van der Waals surface area contributed by atoms with Gasteiger partial charge < -0.3 is 9.84 Å². The van der Waals surface area contributed by atoms with Gasteiger partial charge in [0, 0.05) is 17.6 Å². The number of hydrogen-bond acceptors (Lipinski definition) is 7. The standard InChI is InChI=1S/C9H9BrN6O2/c1-4-15-16-9(18-4)13-8(17)6-2-5(10)3-12-7(6)14-11/h2-3H,11H2,1H3,(H,12,14)(H,13,16,17). The number of amides is 1. The Morgan fingerprint density at radius 1 is 1.50 bits per heavy atom. The number of aromatic nitrogens is 3. The summed E-state index contributed by atoms with van der Waals surface area (Å²) in [6, 6.07) is 1.58. The average molecular weight is 313 g/mol. The number of aryl methyl sites for hydroxylation is 1. The molecule has 0 fully saturated rings. The summed E-state index contributed by atoms with van der Waals surface area (Å²) in [5, 5.41) is 9.70. The number of carbonyl (C=O) groups is 1. The average Bonchev–Trinajstić information content (AvgIpc) is 2.74. The van der Waals surface area contributed by atoms with Gasteiger partial charge in [-0.3, -0.25) is 10.1 Å². The zero-order valence-corrected chi connectivity index (χ0v) is 10.9. The van der Waals surface area contributed by atoms with Crippen LogP contribution < -0.4 is 16.6 Å². The molecule has 0 radical (unpaired) electrons. The van der Waals surface area contributed by atoms with Gasteiger partial charge in [-0.2, -0.15) is 0 Å². The Kier molecular flexibility index (Phi) is 3.53. The molecule has 0 saturated carbocycles. The summed E-state index contributed by atoms with van der Waals surface area (Å²) in [6.07, 6.45) is 1.52. The minimum atomic E-state index is -0.458. The van der Waals surface area contributed by atoms with Crippen molar-refractivity contribution in [1.29, 1.82) is 0 Å². The zero-order chi connectivity index (χ0) is 13.1. The highest BCUT2D eigenvalue weighted by Crippen LogP contribution is 2.18. The van der Waals surface area contributed by atoms with Gasteiger partial charge in [-0.15, -0.1) is 5.10 Å². The van der Waals surface area contributed by atoms with Gasteiger partial charge in [0.15, 0.2) is 5.82 Å². The van der Waals surface area contributed by atoms with Crippen LogP contribution in [0, 0.1) is 6.92 Å². The summed E-state index contributed by atoms with van der Waals surface area (Å²) in [7, 11) is 0. The second-order valence-electron chi connectivity index (χ2n) is 3.27. The van der Waals surface area contributed by atoms with Crippen molar-refractivity contribution < 1.29 is 9.21 Å². The number of carbonyl (C=O) groups excluding carboxylic acids is 1. The topological polar surface area (TPSA) is 119 Å². The first-order valence-electron chi connectivity index (χ1n) is 4.84. The van der Waals surface area contributed by atoms with Gasteiger partial charge in [0.05, 0.1) is 5.56 Å². The molecule has 0 saturated heterocycles. The van der Waals surface area contributed by atoms with Gasteiger partial charge in [-0.25, -0.2) is 10.8 Å². The molecule has 0 aliphatic heterocycles. The fourth-order valence-electron chi connectivity index (χ4n) is 1.24. The van der Waals surface area contributed by atoms with Crippen LogP contribution in [0.2, 0.25) is 0 Å². The van der Waals surface area contributed by atoms with E-state index in [1.807, 2.05) is 0 Å². The van der Waals surface area contributed by atoms with E-state index in [2.05, 4.69) is 41.9 Å². The second-order valence-corrected chi connectivity index (χ2v) is 4.19. The molecule has 0 atom stereocenters. The van der Waals surface area contributed by atoms with Crippen LogP contribution in [0.5, 0.6) is 0 Å². The molecule has 94 valence electrons. The third kappa shape index (κ3) is 2.63. The molecule has 1 amide bonds. The van der Waals surface area contributed by atoms with Crippen molar-refractivity contribution in [3.63, 3.8) is 0 Å². The van der Waals surface area contributed by atoms with E-state index in [1.54, 1.807) is 13.0 Å². The highest BCUT2D eigenvalue weighted by Gasteiger charge is 2.15. The van der Waals surface area contributed by atoms with Crippen LogP contribution >= 0.6 is 15.9 Å². The lowest BCUT2D eigenvalue weighted by Crippen LogP contribution is -2.18. The zero-order valence-electron chi connectivity index (χ0n) is 9.27. The third-order valence-electron chi connectivity index (χ3n) is 1.98. The van der Waals surface area contributed by atoms with E-state index in [0.717, 1.165) is 0 Å². The van der Waals surface area contributed by atoms with Crippen LogP contribution in [0.15, 0.2) is 21.2 Å². The quantitative estimate of drug-likeness (QED) is 0.573. The summed E-state index contributed by atoms with van der Waals surface area (Å²) >= 11 is 3.22. The maximum atomic E-state index is 12.0. The summed E-state index contributed by atoms with van der Waals surface area (Å²) in [6.45, 7) is 1.62. The van der Waals surface area contributed by atoms with Crippen molar-refractivity contribution in [2.45, 2.75) is 6.92 Å². The molecule has 0 aromatic carbocycles. The molecular formula is C9H9BrN6O2. The van der Waals surface area contributed by atoms with E-state index in [4.69, 9.17) is 10.3 Å². The van der Waals surface area contributed by atoms with E-state index < -0.39 is 5.91 Å². The van der Waals surface area contributed by atoms with E-state index >= 15 is 0 Å². The predicted octanol–water partition coefficient (Wildman–Crippen LogP) is 1.07. The minimum Gasteiger partial charge on any atom is -0.408 e. The molecule has 8 nitrogen and oxygen atoms in total. The van der Waals surface area contributed by atoms with Gasteiger partial charge in [0.2, 0.25) is 5.89 Å². The van der Waals surface area contributed by atoms with Crippen molar-refractivity contribution in [3.8, 4) is 0 Å². The summed E-state index contributed by atoms with van der Waals surface area (Å²) in [5.74, 6) is 5.42. The molecular weight excluding hydrogens is 304 g/mol. The molecule has 0 spiro atoms. The van der Waals surface area contributed by atoms with Gasteiger partial charge in [0.25, 0.3) is 5.91 Å². The van der Waals surface area contributed by atoms with Crippen molar-refractivity contribution in [3.05, 3.63) is 28.2 Å². The Balaban J connectivity index is 2.25. The number of anilines is 2. The van der Waals surface area contributed by atoms with E-state index in [9.17, 15) is 4.79 Å². The Morgan fingerprint density at radius 3 is 2.89 bits per heavy atom. The lowest BCUT2D eigenvalue weighted by atomic mass is 10.2. The number of rotatable bonds is 3. The smallest absolute Gasteiger partial charge is 0.322 e. The Bertz CT molecular complexity index is 584. The summed E-state index contributed by atoms with van der Waals surface area (Å²) in [4.78, 5) is 15.9. The number of nitrogens with one attached hydrogen (secondary N) is 2. The highest BCUT2D eigenvalue weighted by atomic mass is 79.9. The van der Waals surface area contributed by atoms with Gasteiger partial charge in [0.1, 0.15) is 0 Å². The third-order valence-corrected chi connectivity index (χ3v) is 2.42. The molecule has 0 bridgehead atoms. The lowest BCUT2D eigenvalue weighted by Gasteiger charge is -2.06. The van der Waals surface area contributed by atoms with Crippen LogP contribution in [0.4, 0.5) is 11.8 Å². The number of halogens is 1. The van der Waals surface area contributed by atoms with Crippen LogP contribution in [0.25, 0.3) is 0 Å². The Hall–Kier alpha value is -2.00. The van der Waals surface area contributed by atoms with Crippen molar-refractivity contribution in [2.75, 3.05) is 10.7 Å². The SMILES string of the molecule is Cc1nnc(NC(=O)c2cc(Br)cnc2NN)o1. The first-order chi connectivity index (χ1) is 8.60. The fraction of sp³-hybridized carbons (Fsp3) is 0.111. The maximum absolute atomic E-state index is 12.0. The predicted molar refractivity (Wildman–Crippen MR) is 66.7 cm³/mol. The van der Waals surface area contributed by atoms with Crippen molar-refractivity contribution in [2.24, 2.45) is 5.84 Å². The van der Waals surface area contributed by atoms with Crippen LogP contribution in [0.3, 0.4) is 0 Å². The number of pyridine rings is 1. The molecule has 2 rings (SSSR count). The molecule has 2 heterocycles. The first-order valence-corrected chi connectivity index (χ1v) is 5.63. The number of nitrogens with two attached hydrogens (primary N) is 1. The van der Waals surface area contributed by atoms with E-state index in [0.29, 0.717) is 10.4 Å². The Morgan fingerprint density at radius 2 is 2.28 bits per heavy atom. The van der Waals surface area contributed by atoms with E-state index in [1.165, 1.54) is 6.20 Å². The molecule has 0 aliphatic rings. The second kappa shape index (κ2) is 5.10. The molecule has 2 aromatic rings. The largest absolute Gasteiger partial charge is 0.408 e. The fourth-order valence-corrected chi connectivity index (χ4v) is 1.57. The van der Waals surface area contributed by atoms with Gasteiger partial charge in [-0.05, 0) is 22.0 Å². The maximum Gasteiger partial charge on any atom is 0.322 e. The van der Waals surface area contributed by atoms with Crippen LogP contribution in [-0.2, 0) is 0 Å². The summed E-state index contributed by atoms with van der Waals surface area (Å²) < 4.78 is 5.69. The number of hydrogen-bond donors (Lipinski definition) is 3. The summed E-state index contributed by atoms with van der Waals surface area (Å²) in [5.41, 5.74) is 2.59. The lowest BCUT2D eigenvalue weighted by molar-refractivity contribution is 0.102. The monoisotopic (exact) mass is 312 g/mol. The van der Waals surface area contributed by atoms with Gasteiger partial charge in [-0.1, -0.05) is 5.10 Å². The number of nitrogen functional groups attached to an aromatic ring is 1. The molecule has 4 N–H and O–H groups in total. The van der Waals surface area contributed by atoms with Crippen LogP contribution in [0.1, 0.15) is 16.2 Å². The Labute approximate surface area is 110 Å². The van der Waals surface area contributed by atoms with Crippen molar-refractivity contribution >= 4 is 33.7 Å². The van der Waals surface area contributed by atoms with E-state index in [-0.39, 0.29) is 17.4 Å². The van der Waals surface area contributed by atoms with Crippen LogP contribution in [-0.4, -0.2) is 21.1 Å². The number of hydrazine groups is 1. The molecule has 9 heteroatoms. The molecule has 0 aliphatic carbocycles.